The molecule has 0 aliphatic carbocycles. The molecule has 0 aliphatic rings. The average molecular weight is 222 g/mol. The second-order valence-corrected chi connectivity index (χ2v) is 3.62. The highest BCUT2D eigenvalue weighted by molar-refractivity contribution is 7.08. The first-order valence-electron chi connectivity index (χ1n) is 4.81. The monoisotopic (exact) mass is 222 g/mol. The van der Waals surface area contributed by atoms with E-state index >= 15 is 0 Å². The Bertz CT molecular complexity index is 361. The third-order valence-electron chi connectivity index (χ3n) is 1.85. The van der Waals surface area contributed by atoms with Crippen LogP contribution in [-0.4, -0.2) is 12.6 Å². The van der Waals surface area contributed by atoms with Crippen molar-refractivity contribution in [2.45, 2.75) is 13.8 Å². The number of thiophene rings is 1. The van der Waals surface area contributed by atoms with Gasteiger partial charge in [0.2, 0.25) is 0 Å². The van der Waals surface area contributed by atoms with Crippen molar-refractivity contribution in [3.05, 3.63) is 40.6 Å². The molecule has 0 bridgehead atoms. The third-order valence-corrected chi connectivity index (χ3v) is 2.53. The van der Waals surface area contributed by atoms with Crippen molar-refractivity contribution < 1.29 is 9.53 Å². The molecule has 1 rings (SSSR count). The van der Waals surface area contributed by atoms with Gasteiger partial charge < -0.3 is 4.74 Å². The highest BCUT2D eigenvalue weighted by Crippen LogP contribution is 2.18. The summed E-state index contributed by atoms with van der Waals surface area (Å²) in [4.78, 5) is 11.1. The van der Waals surface area contributed by atoms with Crippen molar-refractivity contribution in [1.29, 1.82) is 0 Å². The summed E-state index contributed by atoms with van der Waals surface area (Å²) in [7, 11) is 0. The smallest absolute Gasteiger partial charge is 0.330 e. The van der Waals surface area contributed by atoms with Gasteiger partial charge >= 0.3 is 5.97 Å². The summed E-state index contributed by atoms with van der Waals surface area (Å²) in [6, 6.07) is 2.02. The Morgan fingerprint density at radius 3 is 2.87 bits per heavy atom. The fourth-order valence-electron chi connectivity index (χ4n) is 1.14. The number of ether oxygens (including phenoxy) is 1. The average Bonchev–Trinajstić information content (AvgIpc) is 2.72. The first-order chi connectivity index (χ1) is 7.27. The van der Waals surface area contributed by atoms with Crippen LogP contribution in [0.3, 0.4) is 0 Å². The minimum absolute atomic E-state index is 0.299. The van der Waals surface area contributed by atoms with Crippen LogP contribution in [0.25, 0.3) is 5.57 Å². The second-order valence-electron chi connectivity index (χ2n) is 2.84. The minimum Gasteiger partial charge on any atom is -0.463 e. The lowest BCUT2D eigenvalue weighted by Gasteiger charge is -1.97. The van der Waals surface area contributed by atoms with E-state index in [1.807, 2.05) is 29.8 Å². The number of allylic oxidation sites excluding steroid dienone is 3. The summed E-state index contributed by atoms with van der Waals surface area (Å²) in [6.07, 6.45) is 5.20. The van der Waals surface area contributed by atoms with Crippen molar-refractivity contribution >= 4 is 22.9 Å². The zero-order chi connectivity index (χ0) is 11.1. The van der Waals surface area contributed by atoms with Gasteiger partial charge in [-0.05, 0) is 47.9 Å². The van der Waals surface area contributed by atoms with Gasteiger partial charge in [-0.3, -0.25) is 0 Å². The number of hydrogen-bond acceptors (Lipinski definition) is 3. The van der Waals surface area contributed by atoms with Crippen LogP contribution in [-0.2, 0) is 9.53 Å². The molecule has 0 atom stereocenters. The van der Waals surface area contributed by atoms with Crippen molar-refractivity contribution in [3.8, 4) is 0 Å². The molecule has 0 aliphatic heterocycles. The van der Waals surface area contributed by atoms with Gasteiger partial charge in [0, 0.05) is 6.08 Å². The number of carbonyl (C=O) groups is 1. The molecule has 0 radical (unpaired) electrons. The number of esters is 1. The third kappa shape index (κ3) is 3.72. The van der Waals surface area contributed by atoms with Crippen LogP contribution in [0.15, 0.2) is 35.1 Å². The maximum Gasteiger partial charge on any atom is 0.330 e. The van der Waals surface area contributed by atoms with E-state index in [1.54, 1.807) is 24.3 Å². The van der Waals surface area contributed by atoms with E-state index in [-0.39, 0.29) is 5.97 Å². The normalized spacial score (nSPS) is 12.0. The van der Waals surface area contributed by atoms with Crippen LogP contribution in [0.1, 0.15) is 19.4 Å². The molecular formula is C12H14O2S. The van der Waals surface area contributed by atoms with Gasteiger partial charge in [-0.1, -0.05) is 6.08 Å². The maximum absolute atomic E-state index is 11.1. The fourth-order valence-corrected chi connectivity index (χ4v) is 1.80. The highest BCUT2D eigenvalue weighted by atomic mass is 32.1. The summed E-state index contributed by atoms with van der Waals surface area (Å²) in [5.41, 5.74) is 2.16. The minimum atomic E-state index is -0.299. The first-order valence-corrected chi connectivity index (χ1v) is 5.76. The van der Waals surface area contributed by atoms with Crippen LogP contribution < -0.4 is 0 Å². The molecule has 0 N–H and O–H groups in total. The van der Waals surface area contributed by atoms with Crippen molar-refractivity contribution in [2.75, 3.05) is 6.61 Å². The quantitative estimate of drug-likeness (QED) is 0.444. The molecule has 0 fully saturated rings. The van der Waals surface area contributed by atoms with Crippen LogP contribution >= 0.6 is 11.3 Å². The Labute approximate surface area is 93.9 Å². The Kier molecular flexibility index (Phi) is 4.84. The Balaban J connectivity index is 2.67. The fraction of sp³-hybridized carbons (Fsp3) is 0.250. The van der Waals surface area contributed by atoms with E-state index in [0.717, 1.165) is 11.1 Å². The van der Waals surface area contributed by atoms with Crippen LogP contribution in [0.4, 0.5) is 0 Å². The molecule has 1 aromatic heterocycles. The summed E-state index contributed by atoms with van der Waals surface area (Å²) in [5, 5.41) is 4.06. The lowest BCUT2D eigenvalue weighted by Crippen LogP contribution is -1.98. The number of hydrogen-bond donors (Lipinski definition) is 0. The summed E-state index contributed by atoms with van der Waals surface area (Å²) < 4.78 is 4.80. The predicted octanol–water partition coefficient (Wildman–Crippen LogP) is 3.27. The van der Waals surface area contributed by atoms with E-state index < -0.39 is 0 Å². The van der Waals surface area contributed by atoms with Gasteiger partial charge in [0.05, 0.1) is 6.61 Å². The molecular weight excluding hydrogens is 208 g/mol. The topological polar surface area (TPSA) is 26.3 Å². The largest absolute Gasteiger partial charge is 0.463 e. The van der Waals surface area contributed by atoms with Crippen LogP contribution in [0, 0.1) is 0 Å². The van der Waals surface area contributed by atoms with Crippen molar-refractivity contribution in [3.63, 3.8) is 0 Å². The predicted molar refractivity (Wildman–Crippen MR) is 63.7 cm³/mol. The lowest BCUT2D eigenvalue weighted by atomic mass is 10.1. The molecule has 0 unspecified atom stereocenters. The molecule has 0 amide bonds. The van der Waals surface area contributed by atoms with Gasteiger partial charge in [0.15, 0.2) is 0 Å². The van der Waals surface area contributed by atoms with Crippen LogP contribution in [0.2, 0.25) is 0 Å². The molecule has 80 valence electrons. The standard InChI is InChI=1S/C12H14O2S/c1-3-10(11-7-8-15-9-11)5-6-12(13)14-4-2/h3,5-9H,4H2,1-2H3/b6-5+,10-3+. The zero-order valence-electron chi connectivity index (χ0n) is 8.90. The zero-order valence-corrected chi connectivity index (χ0v) is 9.71. The molecule has 2 nitrogen and oxygen atoms in total. The molecule has 0 spiro atoms. The van der Waals surface area contributed by atoms with Gasteiger partial charge in [0.1, 0.15) is 0 Å². The van der Waals surface area contributed by atoms with E-state index in [1.165, 1.54) is 6.08 Å². The van der Waals surface area contributed by atoms with E-state index in [2.05, 4.69) is 0 Å². The molecule has 0 saturated heterocycles. The lowest BCUT2D eigenvalue weighted by molar-refractivity contribution is -0.137. The van der Waals surface area contributed by atoms with E-state index in [0.29, 0.717) is 6.61 Å². The Morgan fingerprint density at radius 1 is 1.53 bits per heavy atom. The van der Waals surface area contributed by atoms with Crippen molar-refractivity contribution in [2.24, 2.45) is 0 Å². The van der Waals surface area contributed by atoms with Gasteiger partial charge in [-0.15, -0.1) is 0 Å². The summed E-state index contributed by atoms with van der Waals surface area (Å²) >= 11 is 1.64. The number of carbonyl (C=O) groups excluding carboxylic acids is 1. The maximum atomic E-state index is 11.1. The first kappa shape index (κ1) is 11.7. The number of rotatable bonds is 4. The summed E-state index contributed by atoms with van der Waals surface area (Å²) in [5.74, 6) is -0.299. The van der Waals surface area contributed by atoms with E-state index in [4.69, 9.17) is 4.74 Å². The molecule has 0 saturated carbocycles. The molecule has 3 heteroatoms. The van der Waals surface area contributed by atoms with Crippen LogP contribution in [0.5, 0.6) is 0 Å². The SMILES string of the molecule is C/C=C(\C=C\C(=O)OCC)c1ccsc1. The summed E-state index contributed by atoms with van der Waals surface area (Å²) in [6.45, 7) is 4.15. The Morgan fingerprint density at radius 2 is 2.33 bits per heavy atom. The molecule has 0 aromatic carbocycles. The van der Waals surface area contributed by atoms with Crippen molar-refractivity contribution in [1.82, 2.24) is 0 Å². The van der Waals surface area contributed by atoms with Gasteiger partial charge in [-0.25, -0.2) is 4.79 Å². The van der Waals surface area contributed by atoms with E-state index in [9.17, 15) is 4.79 Å². The Hall–Kier alpha value is -1.35. The second kappa shape index (κ2) is 6.19. The van der Waals surface area contributed by atoms with Gasteiger partial charge in [0.25, 0.3) is 0 Å². The molecule has 1 aromatic rings. The highest BCUT2D eigenvalue weighted by Gasteiger charge is 1.98. The van der Waals surface area contributed by atoms with Gasteiger partial charge in [-0.2, -0.15) is 11.3 Å². The molecule has 15 heavy (non-hydrogen) atoms. The molecule has 1 heterocycles.